The Labute approximate surface area is 84.0 Å². The van der Waals surface area contributed by atoms with Gasteiger partial charge in [-0.25, -0.2) is 9.78 Å². The number of ketones is 1. The average molecular weight is 205 g/mol. The fourth-order valence-corrected chi connectivity index (χ4v) is 1.23. The maximum Gasteiger partial charge on any atom is 0.340 e. The second kappa shape index (κ2) is 3.20. The first kappa shape index (κ1) is 9.39. The van der Waals surface area contributed by atoms with Crippen molar-refractivity contribution in [2.24, 2.45) is 0 Å². The fraction of sp³-hybridized carbons (Fsp3) is 0.100. The summed E-state index contributed by atoms with van der Waals surface area (Å²) in [7, 11) is 0. The number of fused-ring (bicyclic) bond motifs is 1. The van der Waals surface area contributed by atoms with E-state index in [2.05, 4.69) is 4.98 Å². The van der Waals surface area contributed by atoms with Crippen LogP contribution < -0.4 is 5.63 Å². The van der Waals surface area contributed by atoms with Crippen molar-refractivity contribution in [1.29, 1.82) is 0 Å². The highest BCUT2D eigenvalue weighted by Crippen LogP contribution is 2.20. The molecule has 0 unspecified atom stereocenters. The van der Waals surface area contributed by atoms with Crippen molar-refractivity contribution in [2.75, 3.05) is 0 Å². The molecule has 15 heavy (non-hydrogen) atoms. The predicted octanol–water partition coefficient (Wildman–Crippen LogP) is 1.10. The van der Waals surface area contributed by atoms with Gasteiger partial charge in [-0.1, -0.05) is 0 Å². The zero-order valence-electron chi connectivity index (χ0n) is 7.85. The van der Waals surface area contributed by atoms with Crippen LogP contribution >= 0.6 is 0 Å². The second-order valence-corrected chi connectivity index (χ2v) is 3.05. The van der Waals surface area contributed by atoms with Gasteiger partial charge in [-0.15, -0.1) is 0 Å². The number of hydrogen-bond acceptors (Lipinski definition) is 5. The number of aromatic nitrogens is 1. The molecule has 2 aromatic rings. The summed E-state index contributed by atoms with van der Waals surface area (Å²) in [5, 5.41) is 9.42. The number of Topliss-reactive ketones (excluding diaryl/α,β-unsaturated/α-hetero) is 1. The Morgan fingerprint density at radius 1 is 1.47 bits per heavy atom. The Hall–Kier alpha value is -2.17. The average Bonchev–Trinajstić information content (AvgIpc) is 2.16. The van der Waals surface area contributed by atoms with E-state index in [0.29, 0.717) is 0 Å². The lowest BCUT2D eigenvalue weighted by Crippen LogP contribution is -2.00. The lowest BCUT2D eigenvalue weighted by molar-refractivity contribution is 0.101. The van der Waals surface area contributed by atoms with E-state index in [1.165, 1.54) is 19.1 Å². The molecule has 0 radical (unpaired) electrons. The van der Waals surface area contributed by atoms with Gasteiger partial charge < -0.3 is 9.52 Å². The zero-order chi connectivity index (χ0) is 11.0. The SMILES string of the molecule is CC(=O)c1ccc2oc(=O)cc(O)c2n1. The quantitative estimate of drug-likeness (QED) is 0.705. The van der Waals surface area contributed by atoms with Gasteiger partial charge in [0.25, 0.3) is 0 Å². The largest absolute Gasteiger partial charge is 0.505 e. The molecule has 5 heteroatoms. The van der Waals surface area contributed by atoms with Crippen LogP contribution in [0, 0.1) is 0 Å². The van der Waals surface area contributed by atoms with Gasteiger partial charge in [0.15, 0.2) is 17.1 Å². The number of nitrogens with zero attached hydrogens (tertiary/aromatic N) is 1. The Kier molecular flexibility index (Phi) is 2.00. The van der Waals surface area contributed by atoms with Crippen LogP contribution in [0.15, 0.2) is 27.4 Å². The molecule has 2 heterocycles. The summed E-state index contributed by atoms with van der Waals surface area (Å²) in [6.45, 7) is 1.37. The molecule has 0 spiro atoms. The number of hydrogen-bond donors (Lipinski definition) is 1. The normalized spacial score (nSPS) is 10.5. The van der Waals surface area contributed by atoms with E-state index < -0.39 is 5.63 Å². The van der Waals surface area contributed by atoms with Gasteiger partial charge >= 0.3 is 5.63 Å². The van der Waals surface area contributed by atoms with Crippen LogP contribution in [-0.2, 0) is 0 Å². The zero-order valence-corrected chi connectivity index (χ0v) is 7.85. The van der Waals surface area contributed by atoms with Crippen LogP contribution in [0.2, 0.25) is 0 Å². The number of carbonyl (C=O) groups excluding carboxylic acids is 1. The Balaban J connectivity index is 2.82. The topological polar surface area (TPSA) is 80.4 Å². The minimum atomic E-state index is -0.655. The summed E-state index contributed by atoms with van der Waals surface area (Å²) in [6.07, 6.45) is 0. The number of carbonyl (C=O) groups is 1. The maximum absolute atomic E-state index is 11.0. The van der Waals surface area contributed by atoms with Crippen molar-refractivity contribution < 1.29 is 14.3 Å². The first-order valence-electron chi connectivity index (χ1n) is 4.23. The second-order valence-electron chi connectivity index (χ2n) is 3.05. The molecule has 0 aliphatic carbocycles. The van der Waals surface area contributed by atoms with E-state index in [1.54, 1.807) is 0 Å². The third-order valence-electron chi connectivity index (χ3n) is 1.93. The van der Waals surface area contributed by atoms with Gasteiger partial charge in [-0.05, 0) is 12.1 Å². The Bertz CT molecular complexity index is 600. The lowest BCUT2D eigenvalue weighted by Gasteiger charge is -1.99. The smallest absolute Gasteiger partial charge is 0.340 e. The first-order valence-corrected chi connectivity index (χ1v) is 4.23. The standard InChI is InChI=1S/C10H7NO4/c1-5(12)6-2-3-8-10(11-6)7(13)4-9(14)15-8/h2-4,13H,1H3. The third kappa shape index (κ3) is 1.59. The van der Waals surface area contributed by atoms with E-state index >= 15 is 0 Å². The number of aromatic hydroxyl groups is 1. The third-order valence-corrected chi connectivity index (χ3v) is 1.93. The summed E-state index contributed by atoms with van der Waals surface area (Å²) < 4.78 is 4.79. The fourth-order valence-electron chi connectivity index (χ4n) is 1.23. The number of pyridine rings is 1. The molecule has 76 valence electrons. The highest BCUT2D eigenvalue weighted by Gasteiger charge is 2.08. The van der Waals surface area contributed by atoms with Gasteiger partial charge in [0.05, 0.1) is 6.07 Å². The van der Waals surface area contributed by atoms with Crippen LogP contribution in [0.4, 0.5) is 0 Å². The molecule has 0 aromatic carbocycles. The Morgan fingerprint density at radius 2 is 2.20 bits per heavy atom. The van der Waals surface area contributed by atoms with Gasteiger partial charge in [-0.3, -0.25) is 4.79 Å². The van der Waals surface area contributed by atoms with Gasteiger partial charge in [0, 0.05) is 6.92 Å². The minimum Gasteiger partial charge on any atom is -0.505 e. The van der Waals surface area contributed by atoms with Crippen LogP contribution in [0.5, 0.6) is 5.75 Å². The van der Waals surface area contributed by atoms with Gasteiger partial charge in [0.2, 0.25) is 0 Å². The van der Waals surface area contributed by atoms with E-state index in [1.807, 2.05) is 0 Å². The summed E-state index contributed by atoms with van der Waals surface area (Å²) in [4.78, 5) is 25.8. The molecule has 0 bridgehead atoms. The van der Waals surface area contributed by atoms with Crippen LogP contribution in [-0.4, -0.2) is 15.9 Å². The van der Waals surface area contributed by atoms with Crippen LogP contribution in [0.3, 0.4) is 0 Å². The highest BCUT2D eigenvalue weighted by atomic mass is 16.4. The first-order chi connectivity index (χ1) is 7.08. The van der Waals surface area contributed by atoms with Crippen molar-refractivity contribution in [2.45, 2.75) is 6.92 Å². The summed E-state index contributed by atoms with van der Waals surface area (Å²) >= 11 is 0. The van der Waals surface area contributed by atoms with Crippen molar-refractivity contribution in [3.63, 3.8) is 0 Å². The van der Waals surface area contributed by atoms with Crippen molar-refractivity contribution >= 4 is 16.9 Å². The molecule has 0 fully saturated rings. The van der Waals surface area contributed by atoms with Gasteiger partial charge in [-0.2, -0.15) is 0 Å². The summed E-state index contributed by atoms with van der Waals surface area (Å²) in [6, 6.07) is 3.78. The molecule has 0 saturated heterocycles. The minimum absolute atomic E-state index is 0.113. The van der Waals surface area contributed by atoms with Gasteiger partial charge in [0.1, 0.15) is 11.2 Å². The molecular weight excluding hydrogens is 198 g/mol. The molecule has 0 amide bonds. The van der Waals surface area contributed by atoms with Crippen LogP contribution in [0.1, 0.15) is 17.4 Å². The predicted molar refractivity (Wildman–Crippen MR) is 51.9 cm³/mol. The van der Waals surface area contributed by atoms with Crippen molar-refractivity contribution in [1.82, 2.24) is 4.98 Å². The number of rotatable bonds is 1. The summed E-state index contributed by atoms with van der Waals surface area (Å²) in [5.41, 5.74) is -0.170. The monoisotopic (exact) mass is 205 g/mol. The highest BCUT2D eigenvalue weighted by molar-refractivity contribution is 5.94. The molecular formula is C10H7NO4. The Morgan fingerprint density at radius 3 is 2.87 bits per heavy atom. The molecule has 0 saturated carbocycles. The molecule has 0 aliphatic rings. The van der Waals surface area contributed by atoms with E-state index in [0.717, 1.165) is 6.07 Å². The molecule has 0 aliphatic heterocycles. The molecule has 0 atom stereocenters. The molecule has 5 nitrogen and oxygen atoms in total. The van der Waals surface area contributed by atoms with E-state index in [9.17, 15) is 14.7 Å². The summed E-state index contributed by atoms with van der Waals surface area (Å²) in [5.74, 6) is -0.508. The molecule has 1 N–H and O–H groups in total. The van der Waals surface area contributed by atoms with Crippen molar-refractivity contribution in [3.8, 4) is 5.75 Å². The van der Waals surface area contributed by atoms with Crippen LogP contribution in [0.25, 0.3) is 11.1 Å². The van der Waals surface area contributed by atoms with E-state index in [4.69, 9.17) is 4.42 Å². The maximum atomic E-state index is 11.0. The van der Waals surface area contributed by atoms with E-state index in [-0.39, 0.29) is 28.3 Å². The lowest BCUT2D eigenvalue weighted by atomic mass is 10.2. The molecule has 2 aromatic heterocycles. The molecule has 2 rings (SSSR count). The van der Waals surface area contributed by atoms with Crippen molar-refractivity contribution in [3.05, 3.63) is 34.3 Å².